The third-order valence-corrected chi connectivity index (χ3v) is 1.61. The molecule has 72 valence electrons. The standard InChI is InChI=1S/C6H10O5S.Na.H/c1-5(2)6(7)11-3-4-12(8,9)10;;/h1,3-4H2,2H3,(H,8,9,10);;. The Balaban J connectivity index is 0. The van der Waals surface area contributed by atoms with Crippen molar-refractivity contribution in [1.82, 2.24) is 0 Å². The molecule has 5 nitrogen and oxygen atoms in total. The van der Waals surface area contributed by atoms with E-state index in [1.54, 1.807) is 0 Å². The monoisotopic (exact) mass is 218 g/mol. The molecule has 0 bridgehead atoms. The first-order chi connectivity index (χ1) is 5.33. The van der Waals surface area contributed by atoms with E-state index in [2.05, 4.69) is 11.3 Å². The van der Waals surface area contributed by atoms with Gasteiger partial charge in [0.2, 0.25) is 0 Å². The Bertz CT molecular complexity index is 281. The van der Waals surface area contributed by atoms with Crippen molar-refractivity contribution in [1.29, 1.82) is 0 Å². The normalized spacial score (nSPS) is 10.0. The Morgan fingerprint density at radius 3 is 2.31 bits per heavy atom. The molecule has 0 saturated carbocycles. The molecule has 0 aromatic heterocycles. The number of hydrogen-bond acceptors (Lipinski definition) is 4. The fraction of sp³-hybridized carbons (Fsp3) is 0.500. The first-order valence-electron chi connectivity index (χ1n) is 3.11. The molecule has 1 N–H and O–H groups in total. The van der Waals surface area contributed by atoms with Gasteiger partial charge in [-0.05, 0) is 6.92 Å². The number of esters is 1. The summed E-state index contributed by atoms with van der Waals surface area (Å²) in [5, 5.41) is 0. The summed E-state index contributed by atoms with van der Waals surface area (Å²) in [4.78, 5) is 10.6. The molecule has 0 spiro atoms. The molecule has 0 aliphatic heterocycles. The Morgan fingerprint density at radius 2 is 2.00 bits per heavy atom. The van der Waals surface area contributed by atoms with Gasteiger partial charge in [0.25, 0.3) is 10.1 Å². The average molecular weight is 218 g/mol. The van der Waals surface area contributed by atoms with Gasteiger partial charge >= 0.3 is 35.5 Å². The van der Waals surface area contributed by atoms with Gasteiger partial charge in [-0.15, -0.1) is 0 Å². The number of rotatable bonds is 4. The van der Waals surface area contributed by atoms with Crippen LogP contribution in [0.25, 0.3) is 0 Å². The van der Waals surface area contributed by atoms with Crippen LogP contribution in [0.5, 0.6) is 0 Å². The molecular weight excluding hydrogens is 207 g/mol. The zero-order chi connectivity index (χ0) is 9.78. The predicted molar refractivity (Wildman–Crippen MR) is 49.3 cm³/mol. The molecule has 0 aromatic rings. The van der Waals surface area contributed by atoms with Crippen LogP contribution < -0.4 is 0 Å². The molecule has 0 aliphatic rings. The van der Waals surface area contributed by atoms with Crippen molar-refractivity contribution < 1.29 is 22.5 Å². The number of ether oxygens (including phenoxy) is 1. The van der Waals surface area contributed by atoms with Crippen molar-refractivity contribution in [2.45, 2.75) is 6.92 Å². The number of hydrogen-bond donors (Lipinski definition) is 1. The van der Waals surface area contributed by atoms with E-state index in [1.165, 1.54) is 6.92 Å². The van der Waals surface area contributed by atoms with Crippen molar-refractivity contribution in [3.63, 3.8) is 0 Å². The molecule has 0 heterocycles. The minimum atomic E-state index is -4.05. The summed E-state index contributed by atoms with van der Waals surface area (Å²) in [6.45, 7) is 4.37. The van der Waals surface area contributed by atoms with Gasteiger partial charge in [-0.1, -0.05) is 6.58 Å². The van der Waals surface area contributed by atoms with E-state index in [4.69, 9.17) is 4.55 Å². The zero-order valence-corrected chi connectivity index (χ0v) is 7.43. The Hall–Kier alpha value is 0.120. The van der Waals surface area contributed by atoms with Gasteiger partial charge in [0.15, 0.2) is 0 Å². The first kappa shape index (κ1) is 15.6. The molecule has 0 rings (SSSR count). The molecule has 0 aliphatic carbocycles. The van der Waals surface area contributed by atoms with E-state index >= 15 is 0 Å². The second-order valence-electron chi connectivity index (χ2n) is 2.20. The van der Waals surface area contributed by atoms with Gasteiger partial charge in [-0.3, -0.25) is 4.55 Å². The Labute approximate surface area is 99.2 Å². The summed E-state index contributed by atoms with van der Waals surface area (Å²) in [5.74, 6) is -1.26. The van der Waals surface area contributed by atoms with Crippen molar-refractivity contribution in [2.75, 3.05) is 12.4 Å². The van der Waals surface area contributed by atoms with E-state index in [1.807, 2.05) is 0 Å². The third-order valence-electron chi connectivity index (χ3n) is 0.923. The molecule has 0 amide bonds. The van der Waals surface area contributed by atoms with Crippen LogP contribution in [0.15, 0.2) is 12.2 Å². The van der Waals surface area contributed by atoms with Gasteiger partial charge in [0.1, 0.15) is 12.4 Å². The maximum atomic E-state index is 10.6. The fourth-order valence-electron chi connectivity index (χ4n) is 0.363. The predicted octanol–water partition coefficient (Wildman–Crippen LogP) is -0.655. The third kappa shape index (κ3) is 10.0. The molecular formula is C6H11NaO5S. The Morgan fingerprint density at radius 1 is 1.54 bits per heavy atom. The summed E-state index contributed by atoms with van der Waals surface area (Å²) in [5.41, 5.74) is 0.185. The van der Waals surface area contributed by atoms with Crippen molar-refractivity contribution >= 4 is 45.6 Å². The topological polar surface area (TPSA) is 80.7 Å². The quantitative estimate of drug-likeness (QED) is 0.293. The summed E-state index contributed by atoms with van der Waals surface area (Å²) < 4.78 is 32.9. The van der Waals surface area contributed by atoms with Crippen LogP contribution >= 0.6 is 0 Å². The van der Waals surface area contributed by atoms with Crippen LogP contribution in [0.1, 0.15) is 6.92 Å². The summed E-state index contributed by atoms with van der Waals surface area (Å²) in [6, 6.07) is 0. The minimum absolute atomic E-state index is 0. The van der Waals surface area contributed by atoms with Gasteiger partial charge in [0.05, 0.1) is 0 Å². The average Bonchev–Trinajstić information content (AvgIpc) is 1.84. The number of carbonyl (C=O) groups excluding carboxylic acids is 1. The second-order valence-corrected chi connectivity index (χ2v) is 3.77. The van der Waals surface area contributed by atoms with E-state index in [9.17, 15) is 13.2 Å². The molecule has 0 unspecified atom stereocenters. The number of carbonyl (C=O) groups is 1. The molecule has 0 aromatic carbocycles. The van der Waals surface area contributed by atoms with Crippen LogP contribution in [0.2, 0.25) is 0 Å². The second kappa shape index (κ2) is 6.56. The van der Waals surface area contributed by atoms with Gasteiger partial charge in [-0.25, -0.2) is 4.79 Å². The van der Waals surface area contributed by atoms with Gasteiger partial charge in [0, 0.05) is 5.57 Å². The van der Waals surface area contributed by atoms with Crippen molar-refractivity contribution in [3.8, 4) is 0 Å². The van der Waals surface area contributed by atoms with E-state index in [-0.39, 0.29) is 41.7 Å². The van der Waals surface area contributed by atoms with Crippen molar-refractivity contribution in [3.05, 3.63) is 12.2 Å². The molecule has 0 fully saturated rings. The molecule has 7 heteroatoms. The Kier molecular flexibility index (Phi) is 7.86. The van der Waals surface area contributed by atoms with Crippen LogP contribution in [-0.2, 0) is 19.6 Å². The molecule has 0 saturated heterocycles. The van der Waals surface area contributed by atoms with Crippen LogP contribution in [-0.4, -0.2) is 60.9 Å². The summed E-state index contributed by atoms with van der Waals surface area (Å²) >= 11 is 0. The van der Waals surface area contributed by atoms with Crippen LogP contribution in [0.3, 0.4) is 0 Å². The fourth-order valence-corrected chi connectivity index (χ4v) is 0.657. The molecule has 0 radical (unpaired) electrons. The van der Waals surface area contributed by atoms with E-state index in [0.717, 1.165) is 0 Å². The summed E-state index contributed by atoms with van der Waals surface area (Å²) in [6.07, 6.45) is 0. The van der Waals surface area contributed by atoms with Gasteiger partial charge < -0.3 is 4.74 Å². The van der Waals surface area contributed by atoms with Gasteiger partial charge in [-0.2, -0.15) is 8.42 Å². The zero-order valence-electron chi connectivity index (χ0n) is 6.61. The van der Waals surface area contributed by atoms with Crippen molar-refractivity contribution in [2.24, 2.45) is 0 Å². The van der Waals surface area contributed by atoms with E-state index in [0.29, 0.717) is 0 Å². The van der Waals surface area contributed by atoms with Crippen LogP contribution in [0, 0.1) is 0 Å². The SMILES string of the molecule is C=C(C)C(=O)OCCS(=O)(=O)O.[NaH]. The van der Waals surface area contributed by atoms with E-state index < -0.39 is 21.8 Å². The molecule has 13 heavy (non-hydrogen) atoms. The molecule has 0 atom stereocenters. The maximum absolute atomic E-state index is 10.6. The first-order valence-corrected chi connectivity index (χ1v) is 4.71. The van der Waals surface area contributed by atoms with Crippen LogP contribution in [0.4, 0.5) is 0 Å². The summed E-state index contributed by atoms with van der Waals surface area (Å²) in [7, 11) is -4.05.